The fraction of sp³-hybridized carbons (Fsp3) is 0.138. The zero-order valence-corrected chi connectivity index (χ0v) is 25.0. The number of benzene rings is 4. The standard InChI is InChI=1S/C29H26N2O6S4/c32-29-25-17-23(40(33,34)30-15-13-19-1-5-21(38)6-2-19)9-11-27(25)37-28-12-10-24(18-26(28)29)41(35,36)31-16-14-20-3-7-22(39)8-4-20/h1-12,17-18,30-31,38-39H,13-16H2. The summed E-state index contributed by atoms with van der Waals surface area (Å²) in [6.45, 7) is 0.320. The second-order valence-corrected chi connectivity index (χ2v) is 13.9. The van der Waals surface area contributed by atoms with Crippen molar-refractivity contribution in [3.8, 4) is 0 Å². The maximum atomic E-state index is 13.4. The van der Waals surface area contributed by atoms with Crippen LogP contribution >= 0.6 is 25.3 Å². The van der Waals surface area contributed by atoms with E-state index in [1.54, 1.807) is 0 Å². The van der Waals surface area contributed by atoms with Crippen LogP contribution in [0.1, 0.15) is 11.1 Å². The number of rotatable bonds is 10. The largest absolute Gasteiger partial charge is 0.456 e. The molecule has 0 amide bonds. The summed E-state index contributed by atoms with van der Waals surface area (Å²) in [6.07, 6.45) is 0.946. The first-order valence-electron chi connectivity index (χ1n) is 12.6. The summed E-state index contributed by atoms with van der Waals surface area (Å²) in [5.41, 5.74) is 1.74. The molecule has 8 nitrogen and oxygen atoms in total. The van der Waals surface area contributed by atoms with E-state index in [2.05, 4.69) is 34.7 Å². The van der Waals surface area contributed by atoms with Crippen molar-refractivity contribution in [2.24, 2.45) is 0 Å². The molecule has 5 aromatic rings. The van der Waals surface area contributed by atoms with E-state index < -0.39 is 25.5 Å². The van der Waals surface area contributed by atoms with Gasteiger partial charge in [-0.3, -0.25) is 4.79 Å². The second kappa shape index (κ2) is 12.0. The third-order valence-electron chi connectivity index (χ3n) is 6.52. The van der Waals surface area contributed by atoms with Crippen molar-refractivity contribution in [3.63, 3.8) is 0 Å². The van der Waals surface area contributed by atoms with E-state index in [1.807, 2.05) is 48.5 Å². The molecule has 1 heterocycles. The summed E-state index contributed by atoms with van der Waals surface area (Å²) in [6, 6.07) is 22.8. The Labute approximate surface area is 248 Å². The lowest BCUT2D eigenvalue weighted by molar-refractivity contribution is 0.580. The van der Waals surface area contributed by atoms with Crippen LogP contribution in [-0.4, -0.2) is 29.9 Å². The van der Waals surface area contributed by atoms with Gasteiger partial charge in [0.2, 0.25) is 25.5 Å². The normalized spacial score (nSPS) is 12.2. The van der Waals surface area contributed by atoms with Crippen LogP contribution in [0, 0.1) is 0 Å². The van der Waals surface area contributed by atoms with Crippen LogP contribution in [0.15, 0.2) is 114 Å². The van der Waals surface area contributed by atoms with Gasteiger partial charge in [0.05, 0.1) is 20.6 Å². The van der Waals surface area contributed by atoms with Crippen LogP contribution in [0.4, 0.5) is 0 Å². The summed E-state index contributed by atoms with van der Waals surface area (Å²) in [5, 5.41) is 0.0553. The Morgan fingerprint density at radius 3 is 1.37 bits per heavy atom. The predicted octanol–water partition coefficient (Wildman–Crippen LogP) is 4.57. The third kappa shape index (κ3) is 6.85. The minimum absolute atomic E-state index is 0.0277. The first-order valence-corrected chi connectivity index (χ1v) is 16.4. The van der Waals surface area contributed by atoms with Gasteiger partial charge in [0.25, 0.3) is 0 Å². The lowest BCUT2D eigenvalue weighted by Crippen LogP contribution is -2.26. The van der Waals surface area contributed by atoms with Crippen LogP contribution < -0.4 is 14.9 Å². The zero-order valence-electron chi connectivity index (χ0n) is 21.6. The fourth-order valence-corrected chi connectivity index (χ4v) is 6.71. The molecule has 0 atom stereocenters. The summed E-state index contributed by atoms with van der Waals surface area (Å²) >= 11 is 8.49. The smallest absolute Gasteiger partial charge is 0.240 e. The third-order valence-corrected chi connectivity index (χ3v) is 10.0. The highest BCUT2D eigenvalue weighted by Gasteiger charge is 2.19. The monoisotopic (exact) mass is 626 g/mol. The maximum absolute atomic E-state index is 13.4. The highest BCUT2D eigenvalue weighted by molar-refractivity contribution is 7.89. The second-order valence-electron chi connectivity index (χ2n) is 9.38. The van der Waals surface area contributed by atoms with Gasteiger partial charge >= 0.3 is 0 Å². The summed E-state index contributed by atoms with van der Waals surface area (Å²) in [4.78, 5) is 14.8. The van der Waals surface area contributed by atoms with Crippen LogP contribution in [-0.2, 0) is 32.9 Å². The van der Waals surface area contributed by atoms with Crippen LogP contribution in [0.2, 0.25) is 0 Å². The fourth-order valence-electron chi connectivity index (χ4n) is 4.30. The van der Waals surface area contributed by atoms with Crippen molar-refractivity contribution in [3.05, 3.63) is 106 Å². The van der Waals surface area contributed by atoms with Gasteiger partial charge in [-0.25, -0.2) is 26.3 Å². The maximum Gasteiger partial charge on any atom is 0.240 e. The van der Waals surface area contributed by atoms with E-state index >= 15 is 0 Å². The number of hydrogen-bond acceptors (Lipinski definition) is 8. The first-order chi connectivity index (χ1) is 19.5. The Hall–Kier alpha value is -3.13. The molecular formula is C29H26N2O6S4. The molecule has 0 saturated carbocycles. The molecule has 2 N–H and O–H groups in total. The molecule has 0 radical (unpaired) electrons. The van der Waals surface area contributed by atoms with E-state index in [-0.39, 0.29) is 44.8 Å². The van der Waals surface area contributed by atoms with Gasteiger partial charge in [0, 0.05) is 22.9 Å². The van der Waals surface area contributed by atoms with Gasteiger partial charge < -0.3 is 4.42 Å². The van der Waals surface area contributed by atoms with Crippen molar-refractivity contribution in [2.75, 3.05) is 13.1 Å². The first kappa shape index (κ1) is 29.4. The molecule has 0 aliphatic rings. The summed E-state index contributed by atoms with van der Waals surface area (Å²) < 4.78 is 62.7. The average Bonchev–Trinajstić information content (AvgIpc) is 2.95. The number of nitrogens with one attached hydrogen (secondary N) is 2. The molecule has 212 valence electrons. The van der Waals surface area contributed by atoms with Crippen LogP contribution in [0.3, 0.4) is 0 Å². The van der Waals surface area contributed by atoms with E-state index in [9.17, 15) is 21.6 Å². The topological polar surface area (TPSA) is 123 Å². The Kier molecular flexibility index (Phi) is 8.60. The molecule has 0 unspecified atom stereocenters. The molecule has 12 heteroatoms. The van der Waals surface area contributed by atoms with Gasteiger partial charge in [-0.1, -0.05) is 24.3 Å². The van der Waals surface area contributed by atoms with Crippen molar-refractivity contribution >= 4 is 67.2 Å². The minimum Gasteiger partial charge on any atom is -0.456 e. The zero-order chi connectivity index (χ0) is 29.2. The quantitative estimate of drug-likeness (QED) is 0.133. The highest BCUT2D eigenvalue weighted by Crippen LogP contribution is 2.24. The number of fused-ring (bicyclic) bond motifs is 2. The van der Waals surface area contributed by atoms with Crippen molar-refractivity contribution in [2.45, 2.75) is 32.4 Å². The molecule has 0 spiro atoms. The Morgan fingerprint density at radius 2 is 0.976 bits per heavy atom. The van der Waals surface area contributed by atoms with Crippen molar-refractivity contribution in [1.82, 2.24) is 9.44 Å². The molecule has 5 rings (SSSR count). The van der Waals surface area contributed by atoms with E-state index in [0.717, 1.165) is 20.9 Å². The van der Waals surface area contributed by atoms with Crippen LogP contribution in [0.5, 0.6) is 0 Å². The predicted molar refractivity (Wildman–Crippen MR) is 165 cm³/mol. The minimum atomic E-state index is -3.92. The number of sulfonamides is 2. The molecule has 0 bridgehead atoms. The average molecular weight is 627 g/mol. The number of hydrogen-bond donors (Lipinski definition) is 4. The molecule has 1 aromatic heterocycles. The van der Waals surface area contributed by atoms with Gasteiger partial charge in [-0.15, -0.1) is 25.3 Å². The van der Waals surface area contributed by atoms with E-state index in [4.69, 9.17) is 4.42 Å². The molecule has 0 aliphatic carbocycles. The lowest BCUT2D eigenvalue weighted by Gasteiger charge is -2.10. The molecule has 0 aliphatic heterocycles. The van der Waals surface area contributed by atoms with Crippen LogP contribution in [0.25, 0.3) is 21.9 Å². The highest BCUT2D eigenvalue weighted by atomic mass is 32.2. The SMILES string of the molecule is O=c1c2cc(S(=O)(=O)NCCc3ccc(S)cc3)ccc2oc2ccc(S(=O)(=O)NCCc3ccc(S)cc3)cc12. The van der Waals surface area contributed by atoms with E-state index in [0.29, 0.717) is 12.8 Å². The Bertz CT molecular complexity index is 1860. The van der Waals surface area contributed by atoms with E-state index in [1.165, 1.54) is 36.4 Å². The Morgan fingerprint density at radius 1 is 0.585 bits per heavy atom. The number of thiol groups is 2. The molecular weight excluding hydrogens is 601 g/mol. The van der Waals surface area contributed by atoms with Gasteiger partial charge in [0.1, 0.15) is 11.2 Å². The molecule has 41 heavy (non-hydrogen) atoms. The van der Waals surface area contributed by atoms with Gasteiger partial charge in [-0.05, 0) is 84.6 Å². The van der Waals surface area contributed by atoms with Gasteiger partial charge in [-0.2, -0.15) is 0 Å². The van der Waals surface area contributed by atoms with Crippen molar-refractivity contribution < 1.29 is 21.3 Å². The summed E-state index contributed by atoms with van der Waals surface area (Å²) in [5.74, 6) is 0. The molecule has 0 fully saturated rings. The molecule has 0 saturated heterocycles. The Balaban J connectivity index is 1.37. The van der Waals surface area contributed by atoms with Crippen molar-refractivity contribution in [1.29, 1.82) is 0 Å². The van der Waals surface area contributed by atoms with Gasteiger partial charge in [0.15, 0.2) is 0 Å². The molecule has 4 aromatic carbocycles. The summed E-state index contributed by atoms with van der Waals surface area (Å²) in [7, 11) is -7.85. The lowest BCUT2D eigenvalue weighted by atomic mass is 10.1.